The zero-order valence-corrected chi connectivity index (χ0v) is 13.6. The van der Waals surface area contributed by atoms with Gasteiger partial charge in [0.15, 0.2) is 0 Å². The molecule has 0 aliphatic carbocycles. The maximum atomic E-state index is 11.5. The third-order valence-electron chi connectivity index (χ3n) is 4.19. The fourth-order valence-corrected chi connectivity index (χ4v) is 2.99. The second-order valence-electron chi connectivity index (χ2n) is 5.72. The number of hydrogen-bond donors (Lipinski definition) is 1. The van der Waals surface area contributed by atoms with Gasteiger partial charge in [0.25, 0.3) is 0 Å². The molecule has 0 spiro atoms. The smallest absolute Gasteiger partial charge is 0.115 e. The summed E-state index contributed by atoms with van der Waals surface area (Å²) in [6, 6.07) is 27.5. The Balaban J connectivity index is 1.95. The van der Waals surface area contributed by atoms with Crippen LogP contribution in [-0.2, 0) is 12.0 Å². The molecule has 23 heavy (non-hydrogen) atoms. The van der Waals surface area contributed by atoms with Crippen LogP contribution in [0.3, 0.4) is 0 Å². The predicted octanol–water partition coefficient (Wildman–Crippen LogP) is 5.21. The van der Waals surface area contributed by atoms with Crippen LogP contribution in [0.4, 0.5) is 0 Å². The van der Waals surface area contributed by atoms with E-state index < -0.39 is 5.60 Å². The summed E-state index contributed by atoms with van der Waals surface area (Å²) in [5.41, 5.74) is 1.96. The van der Waals surface area contributed by atoms with Crippen LogP contribution in [-0.4, -0.2) is 5.11 Å². The van der Waals surface area contributed by atoms with E-state index in [0.29, 0.717) is 11.4 Å². The quantitative estimate of drug-likeness (QED) is 0.683. The lowest BCUT2D eigenvalue weighted by atomic mass is 9.82. The SMILES string of the molecule is OC(CCc1ccccc1)(c1ccccc1)c1ccc(Cl)cc1. The molecule has 3 aromatic carbocycles. The molecule has 0 bridgehead atoms. The average Bonchev–Trinajstić information content (AvgIpc) is 2.62. The van der Waals surface area contributed by atoms with E-state index in [9.17, 15) is 5.11 Å². The van der Waals surface area contributed by atoms with Gasteiger partial charge in [-0.2, -0.15) is 0 Å². The molecule has 0 fully saturated rings. The zero-order valence-electron chi connectivity index (χ0n) is 12.8. The van der Waals surface area contributed by atoms with E-state index in [2.05, 4.69) is 12.1 Å². The first-order valence-corrected chi connectivity index (χ1v) is 8.14. The molecule has 0 heterocycles. The first-order chi connectivity index (χ1) is 11.2. The Morgan fingerprint density at radius 2 is 1.22 bits per heavy atom. The zero-order chi connectivity index (χ0) is 16.1. The lowest BCUT2D eigenvalue weighted by molar-refractivity contribution is 0.0713. The van der Waals surface area contributed by atoms with Gasteiger partial charge in [-0.05, 0) is 41.7 Å². The molecule has 1 unspecified atom stereocenters. The summed E-state index contributed by atoms with van der Waals surface area (Å²) in [5, 5.41) is 12.1. The van der Waals surface area contributed by atoms with Gasteiger partial charge in [0.2, 0.25) is 0 Å². The summed E-state index contributed by atoms with van der Waals surface area (Å²) in [5.74, 6) is 0. The molecular formula is C21H19ClO. The second kappa shape index (κ2) is 6.99. The summed E-state index contributed by atoms with van der Waals surface area (Å²) in [4.78, 5) is 0. The third-order valence-corrected chi connectivity index (χ3v) is 4.44. The average molecular weight is 323 g/mol. The molecule has 0 saturated heterocycles. The Hall–Kier alpha value is -2.09. The Bertz CT molecular complexity index is 738. The Labute approximate surface area is 142 Å². The summed E-state index contributed by atoms with van der Waals surface area (Å²) < 4.78 is 0. The molecular weight excluding hydrogens is 304 g/mol. The van der Waals surface area contributed by atoms with Crippen LogP contribution < -0.4 is 0 Å². The van der Waals surface area contributed by atoms with Gasteiger partial charge >= 0.3 is 0 Å². The van der Waals surface area contributed by atoms with Crippen molar-refractivity contribution in [3.05, 3.63) is 107 Å². The van der Waals surface area contributed by atoms with Crippen molar-refractivity contribution in [1.82, 2.24) is 0 Å². The highest BCUT2D eigenvalue weighted by Crippen LogP contribution is 2.34. The van der Waals surface area contributed by atoms with Gasteiger partial charge in [0.1, 0.15) is 5.60 Å². The minimum absolute atomic E-state index is 0.614. The van der Waals surface area contributed by atoms with Gasteiger partial charge in [0, 0.05) is 5.02 Å². The Kier molecular flexibility index (Phi) is 4.80. The largest absolute Gasteiger partial charge is 0.380 e. The third kappa shape index (κ3) is 3.64. The molecule has 1 nitrogen and oxygen atoms in total. The van der Waals surface area contributed by atoms with Gasteiger partial charge < -0.3 is 5.11 Å². The number of aliphatic hydroxyl groups is 1. The molecule has 3 aromatic rings. The standard InChI is InChI=1S/C21H19ClO/c22-20-13-11-19(12-14-20)21(23,18-9-5-2-6-10-18)16-15-17-7-3-1-4-8-17/h1-14,23H,15-16H2. The van der Waals surface area contributed by atoms with Gasteiger partial charge in [-0.15, -0.1) is 0 Å². The molecule has 0 saturated carbocycles. The second-order valence-corrected chi connectivity index (χ2v) is 6.16. The molecule has 116 valence electrons. The van der Waals surface area contributed by atoms with E-state index >= 15 is 0 Å². The molecule has 0 radical (unpaired) electrons. The van der Waals surface area contributed by atoms with Crippen molar-refractivity contribution in [1.29, 1.82) is 0 Å². The van der Waals surface area contributed by atoms with Crippen LogP contribution in [0.25, 0.3) is 0 Å². The van der Waals surface area contributed by atoms with E-state index in [0.717, 1.165) is 17.5 Å². The number of hydrogen-bond acceptors (Lipinski definition) is 1. The Morgan fingerprint density at radius 1 is 0.696 bits per heavy atom. The van der Waals surface area contributed by atoms with E-state index in [1.54, 1.807) is 0 Å². The molecule has 2 heteroatoms. The minimum atomic E-state index is -1.03. The van der Waals surface area contributed by atoms with Crippen molar-refractivity contribution in [2.24, 2.45) is 0 Å². The molecule has 1 atom stereocenters. The lowest BCUT2D eigenvalue weighted by Crippen LogP contribution is -2.28. The minimum Gasteiger partial charge on any atom is -0.380 e. The van der Waals surface area contributed by atoms with Crippen molar-refractivity contribution in [3.63, 3.8) is 0 Å². The molecule has 0 aromatic heterocycles. The first-order valence-electron chi connectivity index (χ1n) is 7.76. The summed E-state index contributed by atoms with van der Waals surface area (Å²) in [6.07, 6.45) is 1.41. The fourth-order valence-electron chi connectivity index (χ4n) is 2.86. The van der Waals surface area contributed by atoms with Crippen LogP contribution in [0.5, 0.6) is 0 Å². The first kappa shape index (κ1) is 15.8. The summed E-state index contributed by atoms with van der Waals surface area (Å²) >= 11 is 6.00. The van der Waals surface area contributed by atoms with E-state index in [-0.39, 0.29) is 0 Å². The van der Waals surface area contributed by atoms with E-state index in [1.807, 2.05) is 72.8 Å². The maximum absolute atomic E-state index is 11.5. The van der Waals surface area contributed by atoms with Crippen molar-refractivity contribution in [2.45, 2.75) is 18.4 Å². The fraction of sp³-hybridized carbons (Fsp3) is 0.143. The van der Waals surface area contributed by atoms with Crippen LogP contribution in [0.1, 0.15) is 23.1 Å². The highest BCUT2D eigenvalue weighted by molar-refractivity contribution is 6.30. The number of aryl methyl sites for hydroxylation is 1. The monoisotopic (exact) mass is 322 g/mol. The van der Waals surface area contributed by atoms with Gasteiger partial charge in [-0.25, -0.2) is 0 Å². The van der Waals surface area contributed by atoms with Crippen LogP contribution >= 0.6 is 11.6 Å². The molecule has 0 aliphatic rings. The van der Waals surface area contributed by atoms with Gasteiger partial charge in [-0.3, -0.25) is 0 Å². The van der Waals surface area contributed by atoms with Crippen LogP contribution in [0.15, 0.2) is 84.9 Å². The van der Waals surface area contributed by atoms with E-state index in [4.69, 9.17) is 11.6 Å². The van der Waals surface area contributed by atoms with Crippen LogP contribution in [0, 0.1) is 0 Å². The molecule has 3 rings (SSSR count). The van der Waals surface area contributed by atoms with Gasteiger partial charge in [-0.1, -0.05) is 84.4 Å². The lowest BCUT2D eigenvalue weighted by Gasteiger charge is -2.29. The summed E-state index contributed by atoms with van der Waals surface area (Å²) in [7, 11) is 0. The Morgan fingerprint density at radius 3 is 1.83 bits per heavy atom. The number of halogens is 1. The predicted molar refractivity (Wildman–Crippen MR) is 95.7 cm³/mol. The molecule has 0 aliphatic heterocycles. The highest BCUT2D eigenvalue weighted by Gasteiger charge is 2.31. The van der Waals surface area contributed by atoms with Crippen LogP contribution in [0.2, 0.25) is 5.02 Å². The summed E-state index contributed by atoms with van der Waals surface area (Å²) in [6.45, 7) is 0. The number of benzene rings is 3. The van der Waals surface area contributed by atoms with Crippen molar-refractivity contribution < 1.29 is 5.11 Å². The van der Waals surface area contributed by atoms with Gasteiger partial charge in [0.05, 0.1) is 0 Å². The molecule has 1 N–H and O–H groups in total. The maximum Gasteiger partial charge on any atom is 0.115 e. The normalized spacial score (nSPS) is 13.5. The topological polar surface area (TPSA) is 20.2 Å². The highest BCUT2D eigenvalue weighted by atomic mass is 35.5. The molecule has 0 amide bonds. The number of rotatable bonds is 5. The van der Waals surface area contributed by atoms with Crippen molar-refractivity contribution >= 4 is 11.6 Å². The van der Waals surface area contributed by atoms with Crippen molar-refractivity contribution in [2.75, 3.05) is 0 Å². The van der Waals surface area contributed by atoms with Crippen molar-refractivity contribution in [3.8, 4) is 0 Å². The van der Waals surface area contributed by atoms with E-state index in [1.165, 1.54) is 5.56 Å².